The summed E-state index contributed by atoms with van der Waals surface area (Å²) in [7, 11) is 0. The van der Waals surface area contributed by atoms with E-state index in [-0.39, 0.29) is 11.0 Å². The van der Waals surface area contributed by atoms with Crippen molar-refractivity contribution in [2.45, 2.75) is 97.3 Å². The Bertz CT molecular complexity index is 89.6. The fraction of sp³-hybridized carbons (Fsp3) is 1.00. The summed E-state index contributed by atoms with van der Waals surface area (Å²) < 4.78 is 0. The fourth-order valence-electron chi connectivity index (χ4n) is 2.09. The smallest absolute Gasteiger partial charge is 0.0149 e. The minimum atomic E-state index is 0. The standard InChI is InChI=1S/C15H32.H4Si/c1-3-5-7-9-11-13-15-14-12-10-8-6-4-2;/h3-15H2,1-2H3;1H4. The molecule has 100 valence electrons. The minimum Gasteiger partial charge on any atom is -0.0654 e. The molecule has 0 fully saturated rings. The maximum absolute atomic E-state index is 2.29. The van der Waals surface area contributed by atoms with E-state index in [1.807, 2.05) is 0 Å². The molecule has 0 atom stereocenters. The van der Waals surface area contributed by atoms with Crippen LogP contribution in [0.5, 0.6) is 0 Å². The van der Waals surface area contributed by atoms with Crippen LogP contribution in [0.15, 0.2) is 0 Å². The molecule has 1 heteroatoms. The Morgan fingerprint density at radius 1 is 0.375 bits per heavy atom. The van der Waals surface area contributed by atoms with Gasteiger partial charge in [-0.3, -0.25) is 0 Å². The Morgan fingerprint density at radius 3 is 0.750 bits per heavy atom. The van der Waals surface area contributed by atoms with Crippen LogP contribution in [0, 0.1) is 0 Å². The normalized spacial score (nSPS) is 10.1. The van der Waals surface area contributed by atoms with Crippen molar-refractivity contribution in [3.63, 3.8) is 0 Å². The van der Waals surface area contributed by atoms with Crippen LogP contribution in [0.4, 0.5) is 0 Å². The summed E-state index contributed by atoms with van der Waals surface area (Å²) >= 11 is 0. The van der Waals surface area contributed by atoms with Gasteiger partial charge in [0.2, 0.25) is 0 Å². The number of hydrogen-bond donors (Lipinski definition) is 0. The summed E-state index contributed by atoms with van der Waals surface area (Å²) in [6.07, 6.45) is 18.9. The van der Waals surface area contributed by atoms with Gasteiger partial charge in [-0.15, -0.1) is 0 Å². The molecule has 0 unspecified atom stereocenters. The maximum Gasteiger partial charge on any atom is -0.0149 e. The van der Waals surface area contributed by atoms with Crippen molar-refractivity contribution in [3.8, 4) is 0 Å². The highest BCUT2D eigenvalue weighted by Gasteiger charge is 1.92. The molecule has 0 N–H and O–H groups in total. The second kappa shape index (κ2) is 17.6. The van der Waals surface area contributed by atoms with Crippen LogP contribution in [0.25, 0.3) is 0 Å². The van der Waals surface area contributed by atoms with E-state index in [1.54, 1.807) is 0 Å². The van der Waals surface area contributed by atoms with Gasteiger partial charge in [-0.05, 0) is 11.0 Å². The highest BCUT2D eigenvalue weighted by atomic mass is 28.1. The molecule has 0 heterocycles. The molecule has 0 aromatic rings. The first-order valence-electron chi connectivity index (χ1n) is 7.41. The van der Waals surface area contributed by atoms with E-state index in [2.05, 4.69) is 13.8 Å². The van der Waals surface area contributed by atoms with Crippen LogP contribution < -0.4 is 0 Å². The van der Waals surface area contributed by atoms with Crippen LogP contribution in [0.2, 0.25) is 0 Å². The summed E-state index contributed by atoms with van der Waals surface area (Å²) in [6.45, 7) is 4.58. The summed E-state index contributed by atoms with van der Waals surface area (Å²) in [4.78, 5) is 0. The van der Waals surface area contributed by atoms with Crippen molar-refractivity contribution in [2.24, 2.45) is 0 Å². The first-order valence-corrected chi connectivity index (χ1v) is 7.41. The second-order valence-electron chi connectivity index (χ2n) is 4.89. The molecule has 0 saturated carbocycles. The van der Waals surface area contributed by atoms with Gasteiger partial charge in [-0.1, -0.05) is 97.3 Å². The Labute approximate surface area is 109 Å². The Hall–Kier alpha value is 0.217. The van der Waals surface area contributed by atoms with E-state index in [9.17, 15) is 0 Å². The Kier molecular flexibility index (Phi) is 20.4. The van der Waals surface area contributed by atoms with E-state index < -0.39 is 0 Å². The van der Waals surface area contributed by atoms with Crippen molar-refractivity contribution in [1.82, 2.24) is 0 Å². The lowest BCUT2D eigenvalue weighted by Gasteiger charge is -2.01. The van der Waals surface area contributed by atoms with E-state index in [0.29, 0.717) is 0 Å². The number of rotatable bonds is 12. The zero-order chi connectivity index (χ0) is 11.2. The van der Waals surface area contributed by atoms with Gasteiger partial charge in [0.25, 0.3) is 0 Å². The van der Waals surface area contributed by atoms with Gasteiger partial charge >= 0.3 is 0 Å². The highest BCUT2D eigenvalue weighted by molar-refractivity contribution is 5.75. The first kappa shape index (κ1) is 18.6. The lowest BCUT2D eigenvalue weighted by Crippen LogP contribution is -1.82. The molecular formula is C15H36Si. The van der Waals surface area contributed by atoms with Crippen LogP contribution in [0.1, 0.15) is 97.3 Å². The molecule has 0 amide bonds. The van der Waals surface area contributed by atoms with Crippen LogP contribution in [0.3, 0.4) is 0 Å². The first-order chi connectivity index (χ1) is 7.41. The Morgan fingerprint density at radius 2 is 0.562 bits per heavy atom. The lowest BCUT2D eigenvalue weighted by atomic mass is 10.1. The van der Waals surface area contributed by atoms with Crippen molar-refractivity contribution in [2.75, 3.05) is 0 Å². The minimum absolute atomic E-state index is 0. The van der Waals surface area contributed by atoms with Crippen molar-refractivity contribution in [3.05, 3.63) is 0 Å². The average Bonchev–Trinajstić information content (AvgIpc) is 2.26. The van der Waals surface area contributed by atoms with Gasteiger partial charge in [0.1, 0.15) is 0 Å². The largest absolute Gasteiger partial charge is 0.0654 e. The molecule has 0 bridgehead atoms. The second-order valence-corrected chi connectivity index (χ2v) is 4.89. The maximum atomic E-state index is 2.29. The molecule has 16 heavy (non-hydrogen) atoms. The predicted octanol–water partition coefficient (Wildman–Crippen LogP) is 4.65. The average molecular weight is 245 g/mol. The summed E-state index contributed by atoms with van der Waals surface area (Å²) in [5.41, 5.74) is 0. The fourth-order valence-corrected chi connectivity index (χ4v) is 2.09. The molecule has 0 radical (unpaired) electrons. The van der Waals surface area contributed by atoms with Crippen LogP contribution in [-0.2, 0) is 0 Å². The molecule has 0 nitrogen and oxygen atoms in total. The zero-order valence-corrected chi connectivity index (χ0v) is 11.2. The lowest BCUT2D eigenvalue weighted by molar-refractivity contribution is 0.542. The summed E-state index contributed by atoms with van der Waals surface area (Å²) in [5.74, 6) is 0. The van der Waals surface area contributed by atoms with Gasteiger partial charge < -0.3 is 0 Å². The third kappa shape index (κ3) is 16.6. The quantitative estimate of drug-likeness (QED) is 0.346. The molecule has 0 aliphatic carbocycles. The number of unbranched alkanes of at least 4 members (excludes halogenated alkanes) is 12. The highest BCUT2D eigenvalue weighted by Crippen LogP contribution is 2.12. The van der Waals surface area contributed by atoms with Crippen molar-refractivity contribution >= 4 is 11.0 Å². The molecule has 0 aromatic carbocycles. The van der Waals surface area contributed by atoms with Gasteiger partial charge in [0.15, 0.2) is 0 Å². The van der Waals surface area contributed by atoms with Gasteiger partial charge in [0, 0.05) is 0 Å². The molecule has 0 aliphatic heterocycles. The molecule has 0 saturated heterocycles. The monoisotopic (exact) mass is 244 g/mol. The van der Waals surface area contributed by atoms with Gasteiger partial charge in [0.05, 0.1) is 0 Å². The van der Waals surface area contributed by atoms with Crippen molar-refractivity contribution < 1.29 is 0 Å². The SMILES string of the molecule is CCCCCCCCCCCCCCC.[SiH4]. The summed E-state index contributed by atoms with van der Waals surface area (Å²) in [5, 5.41) is 0. The van der Waals surface area contributed by atoms with E-state index in [4.69, 9.17) is 0 Å². The van der Waals surface area contributed by atoms with Crippen LogP contribution in [-0.4, -0.2) is 11.0 Å². The van der Waals surface area contributed by atoms with Crippen LogP contribution >= 0.6 is 0 Å². The molecule has 0 aromatic heterocycles. The van der Waals surface area contributed by atoms with E-state index >= 15 is 0 Å². The topological polar surface area (TPSA) is 0 Å². The van der Waals surface area contributed by atoms with E-state index in [1.165, 1.54) is 83.5 Å². The van der Waals surface area contributed by atoms with Gasteiger partial charge in [-0.2, -0.15) is 0 Å². The number of hydrogen-bond acceptors (Lipinski definition) is 0. The molecular weight excluding hydrogens is 208 g/mol. The molecule has 0 rings (SSSR count). The molecule has 0 spiro atoms. The summed E-state index contributed by atoms with van der Waals surface area (Å²) in [6, 6.07) is 0. The predicted molar refractivity (Wildman–Crippen MR) is 82.7 cm³/mol. The molecule has 0 aliphatic rings. The van der Waals surface area contributed by atoms with E-state index in [0.717, 1.165) is 0 Å². The van der Waals surface area contributed by atoms with Gasteiger partial charge in [-0.25, -0.2) is 0 Å². The Balaban J connectivity index is 0. The third-order valence-corrected chi connectivity index (χ3v) is 3.21. The van der Waals surface area contributed by atoms with Crippen molar-refractivity contribution in [1.29, 1.82) is 0 Å². The zero-order valence-electron chi connectivity index (χ0n) is 11.2. The third-order valence-electron chi connectivity index (χ3n) is 3.21.